The van der Waals surface area contributed by atoms with Gasteiger partial charge < -0.3 is 15.0 Å². The number of methoxy groups -OCH3 is 1. The molecule has 26 heavy (non-hydrogen) atoms. The Morgan fingerprint density at radius 2 is 1.69 bits per heavy atom. The largest absolute Gasteiger partial charge is 0.496 e. The molecular weight excluding hydrogens is 324 g/mol. The summed E-state index contributed by atoms with van der Waals surface area (Å²) in [4.78, 5) is 13.6. The number of carbonyl (C=O) groups excluding carboxylic acids is 1. The lowest BCUT2D eigenvalue weighted by Crippen LogP contribution is -3.10. The maximum atomic E-state index is 12.0. The van der Waals surface area contributed by atoms with Crippen molar-refractivity contribution >= 4 is 12.0 Å². The van der Waals surface area contributed by atoms with Gasteiger partial charge in [0, 0.05) is 23.7 Å². The van der Waals surface area contributed by atoms with Crippen LogP contribution in [-0.2, 0) is 17.9 Å². The monoisotopic (exact) mass is 353 g/mol. The average molecular weight is 353 g/mol. The third-order valence-corrected chi connectivity index (χ3v) is 4.50. The number of carbonyl (C=O) groups is 1. The second-order valence-corrected chi connectivity index (χ2v) is 6.24. The molecule has 0 spiro atoms. The van der Waals surface area contributed by atoms with E-state index >= 15 is 0 Å². The van der Waals surface area contributed by atoms with Gasteiger partial charge in [0.2, 0.25) is 5.91 Å². The van der Waals surface area contributed by atoms with Crippen molar-refractivity contribution in [3.05, 3.63) is 71.3 Å². The molecule has 0 atom stereocenters. The van der Waals surface area contributed by atoms with E-state index in [0.717, 1.165) is 36.5 Å². The Bertz CT molecular complexity index is 719. The highest BCUT2D eigenvalue weighted by atomic mass is 16.5. The third kappa shape index (κ3) is 6.05. The van der Waals surface area contributed by atoms with Gasteiger partial charge in [-0.05, 0) is 31.6 Å². The number of amides is 1. The van der Waals surface area contributed by atoms with E-state index < -0.39 is 0 Å². The van der Waals surface area contributed by atoms with E-state index in [0.29, 0.717) is 6.54 Å². The van der Waals surface area contributed by atoms with Gasteiger partial charge in [0.1, 0.15) is 12.3 Å². The van der Waals surface area contributed by atoms with Gasteiger partial charge in [-0.15, -0.1) is 0 Å². The van der Waals surface area contributed by atoms with Crippen molar-refractivity contribution in [2.24, 2.45) is 0 Å². The molecular formula is C22H29N2O2+. The molecule has 4 heteroatoms. The first-order chi connectivity index (χ1) is 12.7. The van der Waals surface area contributed by atoms with Crippen LogP contribution >= 0.6 is 0 Å². The summed E-state index contributed by atoms with van der Waals surface area (Å²) in [5.41, 5.74) is 3.31. The molecule has 2 aromatic rings. The van der Waals surface area contributed by atoms with Crippen LogP contribution in [0, 0.1) is 0 Å². The van der Waals surface area contributed by atoms with E-state index in [1.54, 1.807) is 18.1 Å². The van der Waals surface area contributed by atoms with Crippen LogP contribution in [0.5, 0.6) is 5.75 Å². The Balaban J connectivity index is 1.86. The second kappa shape index (κ2) is 10.4. The molecule has 0 saturated carbocycles. The Labute approximate surface area is 156 Å². The Kier molecular flexibility index (Phi) is 7.90. The minimum Gasteiger partial charge on any atom is -0.496 e. The molecule has 2 N–H and O–H groups in total. The van der Waals surface area contributed by atoms with Crippen molar-refractivity contribution in [2.75, 3.05) is 20.2 Å². The van der Waals surface area contributed by atoms with Gasteiger partial charge in [-0.25, -0.2) is 0 Å². The van der Waals surface area contributed by atoms with Gasteiger partial charge in [-0.3, -0.25) is 4.79 Å². The predicted molar refractivity (Wildman–Crippen MR) is 106 cm³/mol. The van der Waals surface area contributed by atoms with Crippen LogP contribution in [0.25, 0.3) is 6.08 Å². The summed E-state index contributed by atoms with van der Waals surface area (Å²) in [5.74, 6) is 0.634. The van der Waals surface area contributed by atoms with Crippen molar-refractivity contribution < 1.29 is 14.4 Å². The minimum atomic E-state index is -0.118. The number of hydrogen-bond donors (Lipinski definition) is 2. The van der Waals surface area contributed by atoms with E-state index in [1.165, 1.54) is 11.6 Å². The zero-order valence-electron chi connectivity index (χ0n) is 15.9. The number of para-hydroxylation sites is 1. The molecule has 4 nitrogen and oxygen atoms in total. The molecule has 0 aliphatic rings. The fourth-order valence-corrected chi connectivity index (χ4v) is 2.78. The molecule has 2 aromatic carbocycles. The summed E-state index contributed by atoms with van der Waals surface area (Å²) >= 11 is 0. The Morgan fingerprint density at radius 1 is 1.04 bits per heavy atom. The van der Waals surface area contributed by atoms with E-state index in [1.807, 2.05) is 24.3 Å². The van der Waals surface area contributed by atoms with Gasteiger partial charge in [-0.2, -0.15) is 0 Å². The fourth-order valence-electron chi connectivity index (χ4n) is 2.78. The molecule has 138 valence electrons. The molecule has 0 unspecified atom stereocenters. The summed E-state index contributed by atoms with van der Waals surface area (Å²) in [5, 5.41) is 2.92. The number of quaternary nitrogens is 1. The average Bonchev–Trinajstić information content (AvgIpc) is 2.69. The van der Waals surface area contributed by atoms with Crippen LogP contribution in [0.2, 0.25) is 0 Å². The lowest BCUT2D eigenvalue weighted by Gasteiger charge is -2.15. The van der Waals surface area contributed by atoms with E-state index in [4.69, 9.17) is 4.74 Å². The van der Waals surface area contributed by atoms with E-state index in [2.05, 4.69) is 43.4 Å². The van der Waals surface area contributed by atoms with Crippen LogP contribution in [0.15, 0.2) is 54.6 Å². The van der Waals surface area contributed by atoms with E-state index in [-0.39, 0.29) is 5.91 Å². The third-order valence-electron chi connectivity index (χ3n) is 4.50. The fraction of sp³-hybridized carbons (Fsp3) is 0.318. The molecule has 1 amide bonds. The Morgan fingerprint density at radius 3 is 2.35 bits per heavy atom. The highest BCUT2D eigenvalue weighted by Crippen LogP contribution is 2.18. The summed E-state index contributed by atoms with van der Waals surface area (Å²) in [6.45, 7) is 8.25. The molecule has 0 saturated heterocycles. The molecule has 0 aliphatic carbocycles. The number of benzene rings is 2. The molecule has 0 bridgehead atoms. The number of rotatable bonds is 9. The first kappa shape index (κ1) is 19.7. The van der Waals surface area contributed by atoms with Gasteiger partial charge in [0.05, 0.1) is 20.2 Å². The normalized spacial score (nSPS) is 11.1. The van der Waals surface area contributed by atoms with Crippen molar-refractivity contribution in [2.45, 2.75) is 26.9 Å². The predicted octanol–water partition coefficient (Wildman–Crippen LogP) is 2.45. The molecule has 0 aliphatic heterocycles. The van der Waals surface area contributed by atoms with Crippen LogP contribution in [0.4, 0.5) is 0 Å². The summed E-state index contributed by atoms with van der Waals surface area (Å²) in [6.07, 6.45) is 3.31. The lowest BCUT2D eigenvalue weighted by molar-refractivity contribution is -0.910. The maximum absolute atomic E-state index is 12.0. The highest BCUT2D eigenvalue weighted by molar-refractivity contribution is 5.92. The number of ether oxygens (including phenoxy) is 1. The quantitative estimate of drug-likeness (QED) is 0.680. The van der Waals surface area contributed by atoms with Crippen LogP contribution < -0.4 is 15.0 Å². The van der Waals surface area contributed by atoms with Crippen LogP contribution in [0.3, 0.4) is 0 Å². The lowest BCUT2D eigenvalue weighted by atomic mass is 10.1. The first-order valence-corrected chi connectivity index (χ1v) is 9.16. The van der Waals surface area contributed by atoms with Crippen LogP contribution in [-0.4, -0.2) is 26.1 Å². The van der Waals surface area contributed by atoms with E-state index in [9.17, 15) is 4.79 Å². The van der Waals surface area contributed by atoms with Crippen LogP contribution in [0.1, 0.15) is 30.5 Å². The summed E-state index contributed by atoms with van der Waals surface area (Å²) in [7, 11) is 1.62. The number of hydrogen-bond acceptors (Lipinski definition) is 2. The molecule has 0 radical (unpaired) electrons. The van der Waals surface area contributed by atoms with Crippen molar-refractivity contribution in [1.82, 2.24) is 5.32 Å². The van der Waals surface area contributed by atoms with Crippen molar-refractivity contribution in [3.63, 3.8) is 0 Å². The smallest absolute Gasteiger partial charge is 0.244 e. The van der Waals surface area contributed by atoms with Crippen molar-refractivity contribution in [1.29, 1.82) is 0 Å². The SMILES string of the molecule is CC[NH+](CC)Cc1ccc(CNC(=O)/C=C/c2ccccc2OC)cc1. The first-order valence-electron chi connectivity index (χ1n) is 9.16. The van der Waals surface area contributed by atoms with Crippen molar-refractivity contribution in [3.8, 4) is 5.75 Å². The Hall–Kier alpha value is -2.59. The van der Waals surface area contributed by atoms with Gasteiger partial charge in [-0.1, -0.05) is 42.5 Å². The molecule has 0 aromatic heterocycles. The molecule has 0 heterocycles. The van der Waals surface area contributed by atoms with Gasteiger partial charge in [0.25, 0.3) is 0 Å². The number of nitrogens with one attached hydrogen (secondary N) is 2. The molecule has 0 fully saturated rings. The summed E-state index contributed by atoms with van der Waals surface area (Å²) < 4.78 is 5.28. The maximum Gasteiger partial charge on any atom is 0.244 e. The second-order valence-electron chi connectivity index (χ2n) is 6.24. The zero-order chi connectivity index (χ0) is 18.8. The van der Waals surface area contributed by atoms with Gasteiger partial charge in [0.15, 0.2) is 0 Å². The highest BCUT2D eigenvalue weighted by Gasteiger charge is 2.05. The zero-order valence-corrected chi connectivity index (χ0v) is 15.9. The topological polar surface area (TPSA) is 42.8 Å². The van der Waals surface area contributed by atoms with Gasteiger partial charge >= 0.3 is 0 Å². The summed E-state index contributed by atoms with van der Waals surface area (Å²) in [6, 6.07) is 16.1. The molecule has 2 rings (SSSR count). The standard InChI is InChI=1S/C22H28N2O2/c1-4-24(5-2)17-19-12-10-18(11-13-19)16-23-22(25)15-14-20-8-6-7-9-21(20)26-3/h6-15H,4-5,16-17H2,1-3H3,(H,23,25)/p+1/b15-14+. The minimum absolute atomic E-state index is 0.118.